The minimum absolute atomic E-state index is 0.213. The minimum atomic E-state index is -0.213. The molecular formula is C20H17ClN4O2S. The molecule has 6 nitrogen and oxygen atoms in total. The summed E-state index contributed by atoms with van der Waals surface area (Å²) in [7, 11) is 0. The molecule has 4 rings (SSSR count). The molecule has 2 aromatic carbocycles. The highest BCUT2D eigenvalue weighted by Crippen LogP contribution is 2.24. The summed E-state index contributed by atoms with van der Waals surface area (Å²) in [6.07, 6.45) is 0. The van der Waals surface area contributed by atoms with E-state index >= 15 is 0 Å². The number of ether oxygens (including phenoxy) is 1. The summed E-state index contributed by atoms with van der Waals surface area (Å²) >= 11 is 7.37. The van der Waals surface area contributed by atoms with Crippen LogP contribution in [0.4, 0.5) is 0 Å². The molecule has 0 radical (unpaired) electrons. The van der Waals surface area contributed by atoms with Crippen LogP contribution in [-0.2, 0) is 0 Å². The Morgan fingerprint density at radius 2 is 1.93 bits per heavy atom. The van der Waals surface area contributed by atoms with Crippen molar-refractivity contribution in [2.24, 2.45) is 0 Å². The van der Waals surface area contributed by atoms with Crippen LogP contribution < -0.4 is 10.3 Å². The quantitative estimate of drug-likeness (QED) is 0.379. The van der Waals surface area contributed by atoms with Crippen LogP contribution in [0, 0.1) is 6.92 Å². The van der Waals surface area contributed by atoms with E-state index in [1.54, 1.807) is 16.6 Å². The highest BCUT2D eigenvalue weighted by atomic mass is 35.5. The average Bonchev–Trinajstić information content (AvgIpc) is 3.07. The fourth-order valence-corrected chi connectivity index (χ4v) is 3.64. The smallest absolute Gasteiger partial charge is 0.266 e. The van der Waals surface area contributed by atoms with Crippen molar-refractivity contribution in [3.63, 3.8) is 0 Å². The van der Waals surface area contributed by atoms with Crippen molar-refractivity contribution in [2.45, 2.75) is 12.1 Å². The number of aromatic nitrogens is 4. The Balaban J connectivity index is 1.56. The maximum absolute atomic E-state index is 11.8. The second-order valence-electron chi connectivity index (χ2n) is 6.11. The van der Waals surface area contributed by atoms with Crippen LogP contribution in [0.25, 0.3) is 17.0 Å². The average molecular weight is 413 g/mol. The van der Waals surface area contributed by atoms with Gasteiger partial charge in [0.05, 0.1) is 6.61 Å². The summed E-state index contributed by atoms with van der Waals surface area (Å²) in [6, 6.07) is 16.6. The molecule has 0 aliphatic heterocycles. The molecule has 1 N–H and O–H groups in total. The first-order chi connectivity index (χ1) is 13.6. The van der Waals surface area contributed by atoms with Gasteiger partial charge >= 0.3 is 0 Å². The maximum Gasteiger partial charge on any atom is 0.266 e. The van der Waals surface area contributed by atoms with Gasteiger partial charge in [-0.2, -0.15) is 0 Å². The third kappa shape index (κ3) is 4.05. The molecular weight excluding hydrogens is 396 g/mol. The zero-order valence-corrected chi connectivity index (χ0v) is 16.6. The summed E-state index contributed by atoms with van der Waals surface area (Å²) in [5.74, 6) is 2.01. The zero-order valence-electron chi connectivity index (χ0n) is 15.1. The molecule has 0 spiro atoms. The Bertz CT molecular complexity index is 1170. The van der Waals surface area contributed by atoms with Crippen LogP contribution in [0.1, 0.15) is 5.56 Å². The molecule has 0 saturated heterocycles. The molecule has 28 heavy (non-hydrogen) atoms. The van der Waals surface area contributed by atoms with E-state index in [1.165, 1.54) is 17.8 Å². The van der Waals surface area contributed by atoms with Crippen LogP contribution >= 0.6 is 23.4 Å². The number of H-pyrrole nitrogens is 1. The SMILES string of the molecule is Cc1ccccc1-c1nc(SCCOc2ccc(Cl)cc2)n2[nH]c(=O)cc2n1. The summed E-state index contributed by atoms with van der Waals surface area (Å²) < 4.78 is 7.34. The van der Waals surface area contributed by atoms with Gasteiger partial charge in [0.15, 0.2) is 16.6 Å². The van der Waals surface area contributed by atoms with Crippen molar-refractivity contribution >= 4 is 29.0 Å². The monoisotopic (exact) mass is 412 g/mol. The zero-order chi connectivity index (χ0) is 19.5. The molecule has 0 saturated carbocycles. The minimum Gasteiger partial charge on any atom is -0.493 e. The number of benzene rings is 2. The van der Waals surface area contributed by atoms with E-state index in [9.17, 15) is 4.79 Å². The summed E-state index contributed by atoms with van der Waals surface area (Å²) in [5, 5.41) is 4.07. The summed E-state index contributed by atoms with van der Waals surface area (Å²) in [4.78, 5) is 21.0. The second-order valence-corrected chi connectivity index (χ2v) is 7.61. The molecule has 0 aliphatic carbocycles. The number of fused-ring (bicyclic) bond motifs is 1. The molecule has 2 heterocycles. The molecule has 2 aromatic heterocycles. The van der Waals surface area contributed by atoms with Crippen molar-refractivity contribution in [3.05, 3.63) is 75.5 Å². The molecule has 0 atom stereocenters. The first-order valence-corrected chi connectivity index (χ1v) is 10.0. The molecule has 142 valence electrons. The number of halogens is 1. The van der Waals surface area contributed by atoms with Crippen LogP contribution in [0.15, 0.2) is 64.5 Å². The number of rotatable bonds is 6. The van der Waals surface area contributed by atoms with Gasteiger partial charge in [-0.1, -0.05) is 47.6 Å². The van der Waals surface area contributed by atoms with Crippen LogP contribution in [0.5, 0.6) is 5.75 Å². The largest absolute Gasteiger partial charge is 0.493 e. The van der Waals surface area contributed by atoms with Gasteiger partial charge < -0.3 is 4.74 Å². The lowest BCUT2D eigenvalue weighted by Gasteiger charge is -2.09. The van der Waals surface area contributed by atoms with Crippen LogP contribution in [-0.4, -0.2) is 31.9 Å². The van der Waals surface area contributed by atoms with Gasteiger partial charge in [-0.15, -0.1) is 0 Å². The van der Waals surface area contributed by atoms with Gasteiger partial charge in [0.25, 0.3) is 5.56 Å². The number of hydrogen-bond donors (Lipinski definition) is 1. The van der Waals surface area contributed by atoms with E-state index in [1.807, 2.05) is 43.3 Å². The van der Waals surface area contributed by atoms with Gasteiger partial charge in [-0.25, -0.2) is 14.5 Å². The normalized spacial score (nSPS) is 11.1. The third-order valence-corrected chi connectivity index (χ3v) is 5.26. The van der Waals surface area contributed by atoms with E-state index < -0.39 is 0 Å². The molecule has 0 fully saturated rings. The number of hydrogen-bond acceptors (Lipinski definition) is 5. The number of aryl methyl sites for hydroxylation is 1. The standard InChI is InChI=1S/C20H17ClN4O2S/c1-13-4-2-3-5-16(13)19-22-17-12-18(26)24-25(17)20(23-19)28-11-10-27-15-8-6-14(21)7-9-15/h2-9,12H,10-11H2,1H3,(H,24,26). The lowest BCUT2D eigenvalue weighted by Crippen LogP contribution is -2.07. The fraction of sp³-hybridized carbons (Fsp3) is 0.150. The lowest BCUT2D eigenvalue weighted by atomic mass is 10.1. The molecule has 4 aromatic rings. The van der Waals surface area contributed by atoms with Gasteiger partial charge in [-0.3, -0.25) is 9.89 Å². The predicted octanol–water partition coefficient (Wildman–Crippen LogP) is 4.22. The number of nitrogens with zero attached hydrogens (tertiary/aromatic N) is 3. The van der Waals surface area contributed by atoms with Gasteiger partial charge in [0.1, 0.15) is 5.75 Å². The molecule has 0 amide bonds. The first-order valence-electron chi connectivity index (χ1n) is 8.67. The summed E-state index contributed by atoms with van der Waals surface area (Å²) in [5.41, 5.74) is 2.35. The van der Waals surface area contributed by atoms with E-state index in [-0.39, 0.29) is 5.56 Å². The van der Waals surface area contributed by atoms with Crippen molar-refractivity contribution in [2.75, 3.05) is 12.4 Å². The predicted molar refractivity (Wildman–Crippen MR) is 111 cm³/mol. The highest BCUT2D eigenvalue weighted by molar-refractivity contribution is 7.99. The number of aromatic amines is 1. The molecule has 0 unspecified atom stereocenters. The van der Waals surface area contributed by atoms with Crippen LogP contribution in [0.3, 0.4) is 0 Å². The Morgan fingerprint density at radius 1 is 1.14 bits per heavy atom. The van der Waals surface area contributed by atoms with E-state index in [0.29, 0.717) is 34.0 Å². The topological polar surface area (TPSA) is 72.3 Å². The summed E-state index contributed by atoms with van der Waals surface area (Å²) in [6.45, 7) is 2.50. The Morgan fingerprint density at radius 3 is 2.71 bits per heavy atom. The van der Waals surface area contributed by atoms with Gasteiger partial charge in [0.2, 0.25) is 0 Å². The Kier molecular flexibility index (Phi) is 5.36. The molecule has 0 bridgehead atoms. The molecule has 0 aliphatic rings. The van der Waals surface area contributed by atoms with Gasteiger partial charge in [0, 0.05) is 22.4 Å². The van der Waals surface area contributed by atoms with Crippen molar-refractivity contribution in [1.29, 1.82) is 0 Å². The van der Waals surface area contributed by atoms with Crippen molar-refractivity contribution < 1.29 is 4.74 Å². The van der Waals surface area contributed by atoms with E-state index in [0.717, 1.165) is 16.9 Å². The Labute approximate surface area is 170 Å². The van der Waals surface area contributed by atoms with Crippen LogP contribution in [0.2, 0.25) is 5.02 Å². The maximum atomic E-state index is 11.8. The van der Waals surface area contributed by atoms with E-state index in [2.05, 4.69) is 15.1 Å². The second kappa shape index (κ2) is 8.08. The Hall–Kier alpha value is -2.77. The number of thioether (sulfide) groups is 1. The third-order valence-electron chi connectivity index (χ3n) is 4.11. The van der Waals surface area contributed by atoms with Crippen molar-refractivity contribution in [1.82, 2.24) is 19.6 Å². The lowest BCUT2D eigenvalue weighted by molar-refractivity contribution is 0.344. The highest BCUT2D eigenvalue weighted by Gasteiger charge is 2.12. The number of nitrogens with one attached hydrogen (secondary N) is 1. The van der Waals surface area contributed by atoms with Crippen molar-refractivity contribution in [3.8, 4) is 17.1 Å². The fourth-order valence-electron chi connectivity index (χ4n) is 2.75. The first kappa shape index (κ1) is 18.6. The van der Waals surface area contributed by atoms with E-state index in [4.69, 9.17) is 16.3 Å². The van der Waals surface area contributed by atoms with Gasteiger partial charge in [-0.05, 0) is 36.8 Å². The molecule has 8 heteroatoms.